The molecule has 25 heavy (non-hydrogen) atoms. The average molecular weight is 359 g/mol. The van der Waals surface area contributed by atoms with Crippen LogP contribution in [0.25, 0.3) is 11.1 Å². The van der Waals surface area contributed by atoms with Gasteiger partial charge in [-0.05, 0) is 68.6 Å². The fraction of sp³-hybridized carbons (Fsp3) is 0.381. The maximum absolute atomic E-state index is 12.2. The number of hydrogen-bond acceptors (Lipinski definition) is 2. The molecule has 0 radical (unpaired) electrons. The quantitative estimate of drug-likeness (QED) is 0.745. The van der Waals surface area contributed by atoms with Crippen LogP contribution in [0.3, 0.4) is 0 Å². The predicted octanol–water partition coefficient (Wildman–Crippen LogP) is 4.38. The first kappa shape index (κ1) is 19.5. The maximum Gasteiger partial charge on any atom is 0.251 e. The molecule has 134 valence electrons. The average Bonchev–Trinajstić information content (AvgIpc) is 3.16. The van der Waals surface area contributed by atoms with Gasteiger partial charge in [-0.1, -0.05) is 42.5 Å². The Bertz CT molecular complexity index is 637. The summed E-state index contributed by atoms with van der Waals surface area (Å²) in [7, 11) is 0. The molecule has 2 aromatic rings. The van der Waals surface area contributed by atoms with Crippen LogP contribution in [0.15, 0.2) is 54.6 Å². The fourth-order valence-corrected chi connectivity index (χ4v) is 3.22. The summed E-state index contributed by atoms with van der Waals surface area (Å²) in [6.45, 7) is 4.43. The third-order valence-corrected chi connectivity index (χ3v) is 4.64. The van der Waals surface area contributed by atoms with Gasteiger partial charge in [0.2, 0.25) is 0 Å². The Morgan fingerprint density at radius 1 is 0.880 bits per heavy atom. The van der Waals surface area contributed by atoms with Crippen molar-refractivity contribution in [2.45, 2.75) is 25.7 Å². The third kappa shape index (κ3) is 5.87. The SMILES string of the molecule is Cl.O=C(NCCCCN1CCCC1)c1ccc(-c2ccccc2)cc1. The summed E-state index contributed by atoms with van der Waals surface area (Å²) in [4.78, 5) is 14.7. The van der Waals surface area contributed by atoms with Gasteiger partial charge in [-0.15, -0.1) is 12.4 Å². The molecule has 1 saturated heterocycles. The van der Waals surface area contributed by atoms with Gasteiger partial charge in [0.25, 0.3) is 5.91 Å². The van der Waals surface area contributed by atoms with Crippen LogP contribution in [-0.2, 0) is 0 Å². The highest BCUT2D eigenvalue weighted by Gasteiger charge is 2.10. The minimum atomic E-state index is 0. The van der Waals surface area contributed by atoms with E-state index in [0.29, 0.717) is 0 Å². The van der Waals surface area contributed by atoms with E-state index in [9.17, 15) is 4.79 Å². The summed E-state index contributed by atoms with van der Waals surface area (Å²) in [5.74, 6) is 0.0239. The van der Waals surface area contributed by atoms with E-state index < -0.39 is 0 Å². The Kier molecular flexibility index (Phi) is 7.96. The molecule has 1 aliphatic heterocycles. The normalized spacial score (nSPS) is 14.1. The standard InChI is InChI=1S/C21H26N2O.ClH/c24-21(22-14-4-5-15-23-16-6-7-17-23)20-12-10-19(11-13-20)18-8-2-1-3-9-18;/h1-3,8-13H,4-7,14-17H2,(H,22,24);1H. The number of rotatable bonds is 7. The second-order valence-corrected chi connectivity index (χ2v) is 6.46. The molecule has 1 heterocycles. The fourth-order valence-electron chi connectivity index (χ4n) is 3.22. The molecule has 0 unspecified atom stereocenters. The molecular weight excluding hydrogens is 332 g/mol. The summed E-state index contributed by atoms with van der Waals surface area (Å²) >= 11 is 0. The third-order valence-electron chi connectivity index (χ3n) is 4.64. The lowest BCUT2D eigenvalue weighted by molar-refractivity contribution is 0.0952. The number of likely N-dealkylation sites (tertiary alicyclic amines) is 1. The number of nitrogens with zero attached hydrogens (tertiary/aromatic N) is 1. The van der Waals surface area contributed by atoms with Crippen molar-refractivity contribution in [1.29, 1.82) is 0 Å². The molecule has 1 amide bonds. The van der Waals surface area contributed by atoms with Crippen LogP contribution in [0, 0.1) is 0 Å². The first-order valence-electron chi connectivity index (χ1n) is 8.99. The zero-order valence-corrected chi connectivity index (χ0v) is 15.4. The summed E-state index contributed by atoms with van der Waals surface area (Å²) in [6.07, 6.45) is 4.89. The monoisotopic (exact) mass is 358 g/mol. The van der Waals surface area contributed by atoms with Crippen molar-refractivity contribution >= 4 is 18.3 Å². The van der Waals surface area contributed by atoms with E-state index in [-0.39, 0.29) is 18.3 Å². The van der Waals surface area contributed by atoms with Crippen molar-refractivity contribution in [3.63, 3.8) is 0 Å². The molecule has 4 heteroatoms. The summed E-state index contributed by atoms with van der Waals surface area (Å²) < 4.78 is 0. The molecular formula is C21H27ClN2O. The highest BCUT2D eigenvalue weighted by Crippen LogP contribution is 2.19. The first-order chi connectivity index (χ1) is 11.8. The summed E-state index contributed by atoms with van der Waals surface area (Å²) in [6, 6.07) is 18.1. The topological polar surface area (TPSA) is 32.3 Å². The van der Waals surface area contributed by atoms with E-state index in [1.807, 2.05) is 42.5 Å². The van der Waals surface area contributed by atoms with Crippen LogP contribution in [0.2, 0.25) is 0 Å². The predicted molar refractivity (Wildman–Crippen MR) is 106 cm³/mol. The molecule has 0 bridgehead atoms. The van der Waals surface area contributed by atoms with Crippen LogP contribution in [0.1, 0.15) is 36.0 Å². The van der Waals surface area contributed by atoms with Gasteiger partial charge < -0.3 is 10.2 Å². The Hall–Kier alpha value is -1.84. The summed E-state index contributed by atoms with van der Waals surface area (Å²) in [5.41, 5.74) is 3.04. The van der Waals surface area contributed by atoms with Gasteiger partial charge in [0, 0.05) is 12.1 Å². The largest absolute Gasteiger partial charge is 0.352 e. The zero-order chi connectivity index (χ0) is 16.6. The minimum Gasteiger partial charge on any atom is -0.352 e. The van der Waals surface area contributed by atoms with Gasteiger partial charge in [0.05, 0.1) is 0 Å². The van der Waals surface area contributed by atoms with Gasteiger partial charge in [-0.2, -0.15) is 0 Å². The minimum absolute atomic E-state index is 0. The number of carbonyl (C=O) groups excluding carboxylic acids is 1. The molecule has 0 saturated carbocycles. The van der Waals surface area contributed by atoms with Crippen LogP contribution >= 0.6 is 12.4 Å². The van der Waals surface area contributed by atoms with E-state index in [1.165, 1.54) is 38.0 Å². The smallest absolute Gasteiger partial charge is 0.251 e. The van der Waals surface area contributed by atoms with Crippen LogP contribution < -0.4 is 5.32 Å². The molecule has 0 spiro atoms. The van der Waals surface area contributed by atoms with Gasteiger partial charge in [-0.3, -0.25) is 4.79 Å². The molecule has 1 fully saturated rings. The molecule has 1 N–H and O–H groups in total. The maximum atomic E-state index is 12.2. The van der Waals surface area contributed by atoms with E-state index in [2.05, 4.69) is 22.3 Å². The number of carbonyl (C=O) groups is 1. The van der Waals surface area contributed by atoms with Crippen LogP contribution in [0.4, 0.5) is 0 Å². The number of unbranched alkanes of at least 4 members (excludes halogenated alkanes) is 1. The lowest BCUT2D eigenvalue weighted by atomic mass is 10.0. The summed E-state index contributed by atoms with van der Waals surface area (Å²) in [5, 5.41) is 3.03. The molecule has 0 atom stereocenters. The van der Waals surface area contributed by atoms with Gasteiger partial charge in [0.1, 0.15) is 0 Å². The van der Waals surface area contributed by atoms with Crippen LogP contribution in [-0.4, -0.2) is 37.0 Å². The molecule has 0 aliphatic carbocycles. The molecule has 0 aromatic heterocycles. The number of amides is 1. The van der Waals surface area contributed by atoms with Gasteiger partial charge in [-0.25, -0.2) is 0 Å². The van der Waals surface area contributed by atoms with Crippen molar-refractivity contribution in [2.75, 3.05) is 26.2 Å². The number of hydrogen-bond donors (Lipinski definition) is 1. The molecule has 2 aromatic carbocycles. The molecule has 3 nitrogen and oxygen atoms in total. The lowest BCUT2D eigenvalue weighted by Crippen LogP contribution is -2.26. The lowest BCUT2D eigenvalue weighted by Gasteiger charge is -2.14. The first-order valence-corrected chi connectivity index (χ1v) is 8.99. The second kappa shape index (κ2) is 10.2. The number of nitrogens with one attached hydrogen (secondary N) is 1. The Labute approximate surface area is 156 Å². The Balaban J connectivity index is 0.00000225. The van der Waals surface area contributed by atoms with Crippen molar-refractivity contribution in [2.24, 2.45) is 0 Å². The highest BCUT2D eigenvalue weighted by atomic mass is 35.5. The second-order valence-electron chi connectivity index (χ2n) is 6.46. The van der Waals surface area contributed by atoms with E-state index in [0.717, 1.165) is 30.5 Å². The van der Waals surface area contributed by atoms with E-state index in [4.69, 9.17) is 0 Å². The van der Waals surface area contributed by atoms with E-state index >= 15 is 0 Å². The van der Waals surface area contributed by atoms with Crippen molar-refractivity contribution in [1.82, 2.24) is 10.2 Å². The Morgan fingerprint density at radius 3 is 2.20 bits per heavy atom. The zero-order valence-electron chi connectivity index (χ0n) is 14.6. The van der Waals surface area contributed by atoms with Crippen molar-refractivity contribution in [3.8, 4) is 11.1 Å². The van der Waals surface area contributed by atoms with Gasteiger partial charge >= 0.3 is 0 Å². The van der Waals surface area contributed by atoms with Crippen molar-refractivity contribution < 1.29 is 4.79 Å². The van der Waals surface area contributed by atoms with Crippen molar-refractivity contribution in [3.05, 3.63) is 60.2 Å². The molecule has 3 rings (SSSR count). The highest BCUT2D eigenvalue weighted by molar-refractivity contribution is 5.94. The number of halogens is 1. The van der Waals surface area contributed by atoms with Crippen LogP contribution in [0.5, 0.6) is 0 Å². The Morgan fingerprint density at radius 2 is 1.52 bits per heavy atom. The van der Waals surface area contributed by atoms with E-state index in [1.54, 1.807) is 0 Å². The number of benzene rings is 2. The van der Waals surface area contributed by atoms with Gasteiger partial charge in [0.15, 0.2) is 0 Å². The molecule has 1 aliphatic rings.